The standard InChI is InChI=1S/C11H10BrNO2S/c1-7-2-3-9(16-7)6-13-5-8(12)4-10(13)11(14)15/h2-5H,6H2,1H3,(H,14,15). The highest BCUT2D eigenvalue weighted by atomic mass is 79.9. The van der Waals surface area contributed by atoms with Crippen LogP contribution < -0.4 is 0 Å². The Bertz CT molecular complexity index is 530. The Labute approximate surface area is 105 Å². The fourth-order valence-electron chi connectivity index (χ4n) is 1.52. The minimum absolute atomic E-state index is 0.304. The highest BCUT2D eigenvalue weighted by Gasteiger charge is 2.12. The third-order valence-electron chi connectivity index (χ3n) is 2.20. The zero-order valence-corrected chi connectivity index (χ0v) is 11.0. The minimum atomic E-state index is -0.904. The number of halogens is 1. The molecule has 2 rings (SSSR count). The predicted octanol–water partition coefficient (Wildman–Crippen LogP) is 3.37. The Morgan fingerprint density at radius 2 is 2.31 bits per heavy atom. The smallest absolute Gasteiger partial charge is 0.352 e. The monoisotopic (exact) mass is 299 g/mol. The van der Waals surface area contributed by atoms with Gasteiger partial charge in [-0.15, -0.1) is 11.3 Å². The molecule has 5 heteroatoms. The lowest BCUT2D eigenvalue weighted by Gasteiger charge is -2.03. The van der Waals surface area contributed by atoms with Gasteiger partial charge in [0.05, 0.1) is 6.54 Å². The lowest BCUT2D eigenvalue weighted by atomic mass is 10.4. The first-order valence-corrected chi connectivity index (χ1v) is 6.31. The molecule has 16 heavy (non-hydrogen) atoms. The molecule has 0 aliphatic rings. The summed E-state index contributed by atoms with van der Waals surface area (Å²) in [5.41, 5.74) is 0.304. The number of aryl methyl sites for hydroxylation is 1. The normalized spacial score (nSPS) is 10.6. The van der Waals surface area contributed by atoms with Gasteiger partial charge < -0.3 is 9.67 Å². The molecule has 84 valence electrons. The molecule has 0 unspecified atom stereocenters. The van der Waals surface area contributed by atoms with Crippen molar-refractivity contribution in [2.75, 3.05) is 0 Å². The van der Waals surface area contributed by atoms with E-state index in [-0.39, 0.29) is 0 Å². The highest BCUT2D eigenvalue weighted by Crippen LogP contribution is 2.20. The number of aromatic carboxylic acids is 1. The first-order valence-electron chi connectivity index (χ1n) is 4.70. The Morgan fingerprint density at radius 3 is 2.88 bits per heavy atom. The summed E-state index contributed by atoms with van der Waals surface area (Å²) in [6, 6.07) is 5.68. The van der Waals surface area contributed by atoms with Crippen molar-refractivity contribution in [1.29, 1.82) is 0 Å². The van der Waals surface area contributed by atoms with Crippen LogP contribution >= 0.6 is 27.3 Å². The van der Waals surface area contributed by atoms with Gasteiger partial charge in [0.1, 0.15) is 5.69 Å². The van der Waals surface area contributed by atoms with Crippen molar-refractivity contribution in [3.05, 3.63) is 44.3 Å². The molecule has 0 aliphatic heterocycles. The lowest BCUT2D eigenvalue weighted by Crippen LogP contribution is -2.07. The van der Waals surface area contributed by atoms with E-state index in [0.29, 0.717) is 12.2 Å². The van der Waals surface area contributed by atoms with E-state index < -0.39 is 5.97 Å². The molecule has 0 amide bonds. The number of hydrogen-bond donors (Lipinski definition) is 1. The van der Waals surface area contributed by atoms with E-state index >= 15 is 0 Å². The van der Waals surface area contributed by atoms with Gasteiger partial charge in [-0.3, -0.25) is 0 Å². The molecule has 0 atom stereocenters. The van der Waals surface area contributed by atoms with Crippen LogP contribution in [0.25, 0.3) is 0 Å². The quantitative estimate of drug-likeness (QED) is 0.944. The Balaban J connectivity index is 2.30. The van der Waals surface area contributed by atoms with Gasteiger partial charge in [-0.1, -0.05) is 0 Å². The van der Waals surface area contributed by atoms with Crippen molar-refractivity contribution in [3.8, 4) is 0 Å². The van der Waals surface area contributed by atoms with E-state index in [1.54, 1.807) is 28.2 Å². The number of rotatable bonds is 3. The first kappa shape index (κ1) is 11.4. The Hall–Kier alpha value is -1.07. The van der Waals surface area contributed by atoms with E-state index in [9.17, 15) is 4.79 Å². The number of nitrogens with zero attached hydrogens (tertiary/aromatic N) is 1. The van der Waals surface area contributed by atoms with Gasteiger partial charge in [-0.2, -0.15) is 0 Å². The van der Waals surface area contributed by atoms with Crippen LogP contribution in [-0.2, 0) is 6.54 Å². The average molecular weight is 300 g/mol. The van der Waals surface area contributed by atoms with Gasteiger partial charge in [0.2, 0.25) is 0 Å². The van der Waals surface area contributed by atoms with Crippen LogP contribution in [0.15, 0.2) is 28.9 Å². The summed E-state index contributed by atoms with van der Waals surface area (Å²) in [5.74, 6) is -0.904. The van der Waals surface area contributed by atoms with Crippen LogP contribution in [-0.4, -0.2) is 15.6 Å². The van der Waals surface area contributed by atoms with E-state index in [2.05, 4.69) is 15.9 Å². The summed E-state index contributed by atoms with van der Waals surface area (Å²) in [5, 5.41) is 9.02. The largest absolute Gasteiger partial charge is 0.477 e. The van der Waals surface area contributed by atoms with Crippen molar-refractivity contribution in [2.45, 2.75) is 13.5 Å². The number of thiophene rings is 1. The number of carboxylic acids is 1. The van der Waals surface area contributed by atoms with E-state index in [1.165, 1.54) is 4.88 Å². The van der Waals surface area contributed by atoms with Crippen molar-refractivity contribution < 1.29 is 9.90 Å². The van der Waals surface area contributed by atoms with Crippen molar-refractivity contribution in [1.82, 2.24) is 4.57 Å². The molecule has 0 bridgehead atoms. The van der Waals surface area contributed by atoms with Gasteiger partial charge in [-0.05, 0) is 41.1 Å². The maximum absolute atomic E-state index is 11.0. The number of hydrogen-bond acceptors (Lipinski definition) is 2. The Morgan fingerprint density at radius 1 is 1.56 bits per heavy atom. The molecule has 3 nitrogen and oxygen atoms in total. The summed E-state index contributed by atoms with van der Waals surface area (Å²) < 4.78 is 2.52. The first-order chi connectivity index (χ1) is 7.56. The van der Waals surface area contributed by atoms with Crippen molar-refractivity contribution >= 4 is 33.2 Å². The summed E-state index contributed by atoms with van der Waals surface area (Å²) in [7, 11) is 0. The lowest BCUT2D eigenvalue weighted by molar-refractivity contribution is 0.0686. The number of aromatic nitrogens is 1. The highest BCUT2D eigenvalue weighted by molar-refractivity contribution is 9.10. The topological polar surface area (TPSA) is 42.2 Å². The van der Waals surface area contributed by atoms with Gasteiger partial charge >= 0.3 is 5.97 Å². The van der Waals surface area contributed by atoms with Gasteiger partial charge in [0.15, 0.2) is 0 Å². The van der Waals surface area contributed by atoms with Crippen LogP contribution in [0, 0.1) is 6.92 Å². The molecule has 0 saturated carbocycles. The van der Waals surface area contributed by atoms with E-state index in [0.717, 1.165) is 9.35 Å². The van der Waals surface area contributed by atoms with Gasteiger partial charge in [-0.25, -0.2) is 4.79 Å². The average Bonchev–Trinajstić information content (AvgIpc) is 2.74. The van der Waals surface area contributed by atoms with Crippen LogP contribution in [0.5, 0.6) is 0 Å². The Kier molecular flexibility index (Phi) is 3.16. The second-order valence-corrected chi connectivity index (χ2v) is 5.78. The number of carboxylic acid groups (broad SMARTS) is 1. The van der Waals surface area contributed by atoms with Gasteiger partial charge in [0, 0.05) is 20.4 Å². The zero-order valence-electron chi connectivity index (χ0n) is 8.61. The molecular weight excluding hydrogens is 290 g/mol. The summed E-state index contributed by atoms with van der Waals surface area (Å²) >= 11 is 4.97. The molecule has 1 N–H and O–H groups in total. The van der Waals surface area contributed by atoms with E-state index in [4.69, 9.17) is 5.11 Å². The molecular formula is C11H10BrNO2S. The van der Waals surface area contributed by atoms with E-state index in [1.807, 2.05) is 19.1 Å². The van der Waals surface area contributed by atoms with Crippen LogP contribution in [0.1, 0.15) is 20.2 Å². The summed E-state index contributed by atoms with van der Waals surface area (Å²) in [4.78, 5) is 13.4. The maximum Gasteiger partial charge on any atom is 0.352 e. The molecule has 0 aromatic carbocycles. The molecule has 0 radical (unpaired) electrons. The van der Waals surface area contributed by atoms with Crippen LogP contribution in [0.2, 0.25) is 0 Å². The summed E-state index contributed by atoms with van der Waals surface area (Å²) in [6.45, 7) is 2.64. The minimum Gasteiger partial charge on any atom is -0.477 e. The molecule has 2 heterocycles. The van der Waals surface area contributed by atoms with Crippen molar-refractivity contribution in [3.63, 3.8) is 0 Å². The molecule has 0 fully saturated rings. The molecule has 0 spiro atoms. The zero-order chi connectivity index (χ0) is 11.7. The van der Waals surface area contributed by atoms with Crippen molar-refractivity contribution in [2.24, 2.45) is 0 Å². The second kappa shape index (κ2) is 4.43. The molecule has 0 saturated heterocycles. The third kappa shape index (κ3) is 2.36. The predicted molar refractivity (Wildman–Crippen MR) is 67.2 cm³/mol. The van der Waals surface area contributed by atoms with Crippen LogP contribution in [0.4, 0.5) is 0 Å². The van der Waals surface area contributed by atoms with Gasteiger partial charge in [0.25, 0.3) is 0 Å². The maximum atomic E-state index is 11.0. The molecule has 0 aliphatic carbocycles. The fraction of sp³-hybridized carbons (Fsp3) is 0.182. The molecule has 2 aromatic rings. The van der Waals surface area contributed by atoms with Crippen LogP contribution in [0.3, 0.4) is 0 Å². The fourth-order valence-corrected chi connectivity index (χ4v) is 2.88. The number of carbonyl (C=O) groups is 1. The SMILES string of the molecule is Cc1ccc(Cn2cc(Br)cc2C(=O)O)s1. The molecule has 2 aromatic heterocycles. The second-order valence-electron chi connectivity index (χ2n) is 3.49. The third-order valence-corrected chi connectivity index (χ3v) is 3.62. The summed E-state index contributed by atoms with van der Waals surface area (Å²) in [6.07, 6.45) is 1.79.